The first kappa shape index (κ1) is 20.1. The Morgan fingerprint density at radius 2 is 1.93 bits per heavy atom. The topological polar surface area (TPSA) is 43.6 Å². The minimum absolute atomic E-state index is 0.297. The van der Waals surface area contributed by atoms with Crippen molar-refractivity contribution in [1.82, 2.24) is 4.57 Å². The first-order valence-electron chi connectivity index (χ1n) is 8.63. The van der Waals surface area contributed by atoms with E-state index >= 15 is 0 Å². The van der Waals surface area contributed by atoms with Crippen molar-refractivity contribution in [2.75, 3.05) is 13.2 Å². The van der Waals surface area contributed by atoms with Crippen molar-refractivity contribution in [3.63, 3.8) is 0 Å². The Morgan fingerprint density at radius 1 is 1.19 bits per heavy atom. The van der Waals surface area contributed by atoms with Crippen LogP contribution in [0.4, 0.5) is 0 Å². The number of fused-ring (bicyclic) bond motifs is 1. The molecule has 0 aliphatic rings. The highest BCUT2D eigenvalue weighted by Crippen LogP contribution is 2.23. The third kappa shape index (κ3) is 4.43. The van der Waals surface area contributed by atoms with Crippen LogP contribution in [0.1, 0.15) is 28.4 Å². The molecule has 0 fully saturated rings. The molecule has 0 spiro atoms. The van der Waals surface area contributed by atoms with Gasteiger partial charge in [-0.25, -0.2) is 0 Å². The minimum atomic E-state index is -0.410. The number of carbonyl (C=O) groups excluding carboxylic acids is 1. The second-order valence-electron chi connectivity index (χ2n) is 6.18. The average Bonchev–Trinajstić information content (AvgIpc) is 2.94. The number of amides is 1. The standard InChI is InChI=1S/C20H20Cl2N2O2S/c1-4-26-8-7-24-17-9-12(2)13(3)10-18(17)27-20(24)23-19(25)15-11-14(21)5-6-16(15)22/h5-6,9-11H,4,7-8H2,1-3H3. The van der Waals surface area contributed by atoms with Crippen LogP contribution in [0.15, 0.2) is 35.3 Å². The van der Waals surface area contributed by atoms with E-state index < -0.39 is 5.91 Å². The van der Waals surface area contributed by atoms with Crippen LogP contribution in [0.25, 0.3) is 10.2 Å². The van der Waals surface area contributed by atoms with Gasteiger partial charge in [-0.2, -0.15) is 4.99 Å². The molecule has 3 aromatic rings. The van der Waals surface area contributed by atoms with Crippen molar-refractivity contribution in [2.24, 2.45) is 4.99 Å². The van der Waals surface area contributed by atoms with Gasteiger partial charge in [0.2, 0.25) is 0 Å². The quantitative estimate of drug-likeness (QED) is 0.516. The van der Waals surface area contributed by atoms with E-state index in [9.17, 15) is 4.79 Å². The summed E-state index contributed by atoms with van der Waals surface area (Å²) >= 11 is 13.6. The van der Waals surface area contributed by atoms with Crippen molar-refractivity contribution in [3.05, 3.63) is 61.9 Å². The molecule has 1 heterocycles. The minimum Gasteiger partial charge on any atom is -0.380 e. The molecule has 1 aromatic heterocycles. The van der Waals surface area contributed by atoms with Gasteiger partial charge in [-0.3, -0.25) is 4.79 Å². The summed E-state index contributed by atoms with van der Waals surface area (Å²) in [5.41, 5.74) is 3.74. The zero-order chi connectivity index (χ0) is 19.6. The maximum atomic E-state index is 12.7. The molecule has 0 radical (unpaired) electrons. The molecule has 0 saturated heterocycles. The predicted octanol–water partition coefficient (Wildman–Crippen LogP) is 5.40. The van der Waals surface area contributed by atoms with Gasteiger partial charge in [0.05, 0.1) is 27.4 Å². The third-order valence-electron chi connectivity index (χ3n) is 4.32. The highest BCUT2D eigenvalue weighted by atomic mass is 35.5. The number of ether oxygens (including phenoxy) is 1. The molecule has 0 bridgehead atoms. The smallest absolute Gasteiger partial charge is 0.281 e. The van der Waals surface area contributed by atoms with Gasteiger partial charge in [0.25, 0.3) is 5.91 Å². The molecule has 0 N–H and O–H groups in total. The molecule has 0 saturated carbocycles. The number of hydrogen-bond donors (Lipinski definition) is 0. The van der Waals surface area contributed by atoms with E-state index in [0.29, 0.717) is 40.2 Å². The number of rotatable bonds is 5. The lowest BCUT2D eigenvalue weighted by atomic mass is 10.1. The highest BCUT2D eigenvalue weighted by molar-refractivity contribution is 7.16. The molecule has 4 nitrogen and oxygen atoms in total. The van der Waals surface area contributed by atoms with Gasteiger partial charge >= 0.3 is 0 Å². The molecular formula is C20H20Cl2N2O2S. The molecule has 142 valence electrons. The first-order chi connectivity index (χ1) is 12.9. The van der Waals surface area contributed by atoms with Crippen molar-refractivity contribution in [1.29, 1.82) is 0 Å². The van der Waals surface area contributed by atoms with Gasteiger partial charge in [0.15, 0.2) is 4.80 Å². The highest BCUT2D eigenvalue weighted by Gasteiger charge is 2.13. The van der Waals surface area contributed by atoms with Gasteiger partial charge in [0.1, 0.15) is 0 Å². The zero-order valence-electron chi connectivity index (χ0n) is 15.4. The monoisotopic (exact) mass is 422 g/mol. The summed E-state index contributed by atoms with van der Waals surface area (Å²) in [4.78, 5) is 17.7. The molecule has 2 aromatic carbocycles. The SMILES string of the molecule is CCOCCn1c(=NC(=O)c2cc(Cl)ccc2Cl)sc2cc(C)c(C)cc21. The fourth-order valence-electron chi connectivity index (χ4n) is 2.73. The lowest BCUT2D eigenvalue weighted by Crippen LogP contribution is -2.20. The molecule has 1 amide bonds. The van der Waals surface area contributed by atoms with Crippen LogP contribution in [-0.4, -0.2) is 23.7 Å². The Hall–Kier alpha value is -1.66. The molecular weight excluding hydrogens is 403 g/mol. The van der Waals surface area contributed by atoms with Gasteiger partial charge in [-0.1, -0.05) is 34.5 Å². The Balaban J connectivity index is 2.13. The van der Waals surface area contributed by atoms with Crippen molar-refractivity contribution in [2.45, 2.75) is 27.3 Å². The second kappa shape index (κ2) is 8.57. The van der Waals surface area contributed by atoms with Crippen LogP contribution in [0.2, 0.25) is 10.0 Å². The van der Waals surface area contributed by atoms with E-state index in [0.717, 1.165) is 10.2 Å². The number of aromatic nitrogens is 1. The summed E-state index contributed by atoms with van der Waals surface area (Å²) in [5.74, 6) is -0.410. The van der Waals surface area contributed by atoms with E-state index in [4.69, 9.17) is 27.9 Å². The number of thiazole rings is 1. The maximum Gasteiger partial charge on any atom is 0.281 e. The number of benzene rings is 2. The Kier molecular flexibility index (Phi) is 6.37. The van der Waals surface area contributed by atoms with E-state index in [1.807, 2.05) is 11.5 Å². The lowest BCUT2D eigenvalue weighted by molar-refractivity contribution is 0.0997. The van der Waals surface area contributed by atoms with Crippen molar-refractivity contribution in [3.8, 4) is 0 Å². The Labute approximate surface area is 172 Å². The maximum absolute atomic E-state index is 12.7. The van der Waals surface area contributed by atoms with E-state index in [1.54, 1.807) is 18.2 Å². The van der Waals surface area contributed by atoms with E-state index in [-0.39, 0.29) is 0 Å². The Morgan fingerprint density at radius 3 is 2.67 bits per heavy atom. The predicted molar refractivity (Wildman–Crippen MR) is 112 cm³/mol. The molecule has 0 aliphatic carbocycles. The van der Waals surface area contributed by atoms with Crippen molar-refractivity contribution >= 4 is 50.7 Å². The second-order valence-corrected chi connectivity index (χ2v) is 8.03. The number of nitrogens with zero attached hydrogens (tertiary/aromatic N) is 2. The molecule has 3 rings (SSSR count). The van der Waals surface area contributed by atoms with Crippen LogP contribution in [-0.2, 0) is 11.3 Å². The fourth-order valence-corrected chi connectivity index (χ4v) is 4.24. The summed E-state index contributed by atoms with van der Waals surface area (Å²) in [5, 5.41) is 0.784. The fraction of sp³-hybridized carbons (Fsp3) is 0.300. The van der Waals surface area contributed by atoms with E-state index in [2.05, 4.69) is 31.0 Å². The van der Waals surface area contributed by atoms with Gasteiger partial charge in [-0.05, 0) is 62.2 Å². The normalized spacial score (nSPS) is 12.1. The molecule has 0 atom stereocenters. The van der Waals surface area contributed by atoms with E-state index in [1.165, 1.54) is 22.5 Å². The number of halogens is 2. The van der Waals surface area contributed by atoms with Crippen LogP contribution < -0.4 is 4.80 Å². The van der Waals surface area contributed by atoms with Crippen molar-refractivity contribution < 1.29 is 9.53 Å². The van der Waals surface area contributed by atoms with Gasteiger partial charge in [0, 0.05) is 18.2 Å². The third-order valence-corrected chi connectivity index (χ3v) is 5.92. The summed E-state index contributed by atoms with van der Waals surface area (Å²) < 4.78 is 8.62. The van der Waals surface area contributed by atoms with Crippen LogP contribution in [0, 0.1) is 13.8 Å². The molecule has 0 unspecified atom stereocenters. The summed E-state index contributed by atoms with van der Waals surface area (Å²) in [6.07, 6.45) is 0. The largest absolute Gasteiger partial charge is 0.380 e. The number of aryl methyl sites for hydroxylation is 2. The van der Waals surface area contributed by atoms with Crippen LogP contribution in [0.5, 0.6) is 0 Å². The van der Waals surface area contributed by atoms with Crippen LogP contribution >= 0.6 is 34.5 Å². The molecule has 7 heteroatoms. The molecule has 27 heavy (non-hydrogen) atoms. The first-order valence-corrected chi connectivity index (χ1v) is 10.2. The lowest BCUT2D eigenvalue weighted by Gasteiger charge is -2.07. The summed E-state index contributed by atoms with van der Waals surface area (Å²) in [6.45, 7) is 7.92. The number of hydrogen-bond acceptors (Lipinski definition) is 3. The number of carbonyl (C=O) groups is 1. The molecule has 0 aliphatic heterocycles. The van der Waals surface area contributed by atoms with Crippen LogP contribution in [0.3, 0.4) is 0 Å². The zero-order valence-corrected chi connectivity index (χ0v) is 17.7. The Bertz CT molecular complexity index is 1070. The average molecular weight is 423 g/mol. The van der Waals surface area contributed by atoms with Gasteiger partial charge in [-0.15, -0.1) is 0 Å². The summed E-state index contributed by atoms with van der Waals surface area (Å²) in [7, 11) is 0. The van der Waals surface area contributed by atoms with Gasteiger partial charge < -0.3 is 9.30 Å². The summed E-state index contributed by atoms with van der Waals surface area (Å²) in [6, 6.07) is 9.05.